The maximum absolute atomic E-state index is 11.2. The second-order valence-electron chi connectivity index (χ2n) is 4.96. The van der Waals surface area contributed by atoms with E-state index in [9.17, 15) is 8.42 Å². The van der Waals surface area contributed by atoms with E-state index < -0.39 is 10.1 Å². The summed E-state index contributed by atoms with van der Waals surface area (Å²) in [6.45, 7) is 0.214. The van der Waals surface area contributed by atoms with Gasteiger partial charge in [0.1, 0.15) is 0 Å². The Labute approximate surface area is 113 Å². The summed E-state index contributed by atoms with van der Waals surface area (Å²) < 4.78 is 27.4. The summed E-state index contributed by atoms with van der Waals surface area (Å²) in [5.74, 6) is 0. The zero-order valence-corrected chi connectivity index (χ0v) is 11.9. The van der Waals surface area contributed by atoms with E-state index in [0.717, 1.165) is 37.5 Å². The van der Waals surface area contributed by atoms with Crippen LogP contribution in [0.5, 0.6) is 0 Å². The first-order valence-corrected chi connectivity index (χ1v) is 8.21. The summed E-state index contributed by atoms with van der Waals surface area (Å²) in [6, 6.07) is 7.64. The lowest BCUT2D eigenvalue weighted by molar-refractivity contribution is 0.224. The predicted molar refractivity (Wildman–Crippen MR) is 72.4 cm³/mol. The van der Waals surface area contributed by atoms with Gasteiger partial charge in [0.15, 0.2) is 0 Å². The minimum atomic E-state index is -3.40. The van der Waals surface area contributed by atoms with Gasteiger partial charge in [-0.05, 0) is 30.5 Å². The van der Waals surface area contributed by atoms with Crippen molar-refractivity contribution in [1.82, 2.24) is 0 Å². The van der Waals surface area contributed by atoms with Crippen LogP contribution in [0.25, 0.3) is 0 Å². The smallest absolute Gasteiger partial charge is 0.264 e. The molecule has 3 nitrogen and oxygen atoms in total. The zero-order valence-electron chi connectivity index (χ0n) is 10.4. The Morgan fingerprint density at radius 3 is 2.56 bits per heavy atom. The number of rotatable bonds is 4. The fourth-order valence-electron chi connectivity index (χ4n) is 2.61. The topological polar surface area (TPSA) is 43.4 Å². The molecule has 0 aliphatic heterocycles. The molecule has 1 aliphatic carbocycles. The van der Waals surface area contributed by atoms with E-state index in [2.05, 4.69) is 0 Å². The first kappa shape index (κ1) is 13.8. The number of hydrogen-bond acceptors (Lipinski definition) is 3. The quantitative estimate of drug-likeness (QED) is 0.800. The van der Waals surface area contributed by atoms with E-state index in [-0.39, 0.29) is 12.0 Å². The molecule has 0 N–H and O–H groups in total. The molecule has 1 fully saturated rings. The molecule has 100 valence electrons. The lowest BCUT2D eigenvalue weighted by Crippen LogP contribution is -2.29. The van der Waals surface area contributed by atoms with Crippen LogP contribution in [-0.2, 0) is 19.7 Å². The van der Waals surface area contributed by atoms with Gasteiger partial charge in [0.05, 0.1) is 12.9 Å². The normalized spacial score (nSPS) is 19.0. The van der Waals surface area contributed by atoms with Crippen molar-refractivity contribution in [2.45, 2.75) is 31.1 Å². The molecule has 0 saturated heterocycles. The highest BCUT2D eigenvalue weighted by Crippen LogP contribution is 2.42. The molecule has 0 bridgehead atoms. The van der Waals surface area contributed by atoms with Crippen molar-refractivity contribution in [3.05, 3.63) is 34.9 Å². The molecule has 0 amide bonds. The van der Waals surface area contributed by atoms with Gasteiger partial charge in [-0.2, -0.15) is 8.42 Å². The highest BCUT2D eigenvalue weighted by molar-refractivity contribution is 7.85. The van der Waals surface area contributed by atoms with Gasteiger partial charge in [-0.25, -0.2) is 0 Å². The molecule has 0 atom stereocenters. The molecule has 0 radical (unpaired) electrons. The van der Waals surface area contributed by atoms with E-state index in [1.165, 1.54) is 0 Å². The van der Waals surface area contributed by atoms with E-state index in [1.807, 2.05) is 24.3 Å². The van der Waals surface area contributed by atoms with Gasteiger partial charge in [0, 0.05) is 10.4 Å². The van der Waals surface area contributed by atoms with Crippen molar-refractivity contribution in [3.8, 4) is 0 Å². The van der Waals surface area contributed by atoms with Crippen LogP contribution in [0.2, 0.25) is 5.02 Å². The van der Waals surface area contributed by atoms with Crippen LogP contribution in [0.1, 0.15) is 31.2 Å². The van der Waals surface area contributed by atoms with Crippen molar-refractivity contribution in [3.63, 3.8) is 0 Å². The lowest BCUT2D eigenvalue weighted by atomic mass is 9.80. The van der Waals surface area contributed by atoms with Crippen molar-refractivity contribution >= 4 is 21.7 Å². The first-order chi connectivity index (χ1) is 8.41. The second-order valence-corrected chi connectivity index (χ2v) is 7.04. The number of benzene rings is 1. The van der Waals surface area contributed by atoms with Crippen LogP contribution in [0.4, 0.5) is 0 Å². The maximum Gasteiger partial charge on any atom is 0.264 e. The fraction of sp³-hybridized carbons (Fsp3) is 0.538. The molecule has 0 heterocycles. The second kappa shape index (κ2) is 5.19. The van der Waals surface area contributed by atoms with Gasteiger partial charge in [-0.3, -0.25) is 4.18 Å². The molecule has 1 aliphatic rings. The largest absolute Gasteiger partial charge is 0.269 e. The number of halogens is 1. The maximum atomic E-state index is 11.2. The molecule has 18 heavy (non-hydrogen) atoms. The summed E-state index contributed by atoms with van der Waals surface area (Å²) in [5.41, 5.74) is 0.879. The average Bonchev–Trinajstić information content (AvgIpc) is 2.75. The SMILES string of the molecule is CS(=O)(=O)OCC1(c2cccc(Cl)c2)CCCC1. The third kappa shape index (κ3) is 3.25. The Hall–Kier alpha value is -0.580. The summed E-state index contributed by atoms with van der Waals surface area (Å²) in [4.78, 5) is 0. The molecular weight excluding hydrogens is 272 g/mol. The van der Waals surface area contributed by atoms with Crippen LogP contribution in [0, 0.1) is 0 Å². The molecule has 0 spiro atoms. The first-order valence-electron chi connectivity index (χ1n) is 6.02. The Kier molecular flexibility index (Phi) is 3.99. The Morgan fingerprint density at radius 2 is 2.00 bits per heavy atom. The van der Waals surface area contributed by atoms with Crippen LogP contribution in [0.15, 0.2) is 24.3 Å². The molecule has 1 saturated carbocycles. The van der Waals surface area contributed by atoms with Gasteiger partial charge >= 0.3 is 0 Å². The molecular formula is C13H17ClO3S. The van der Waals surface area contributed by atoms with E-state index >= 15 is 0 Å². The lowest BCUT2D eigenvalue weighted by Gasteiger charge is -2.28. The summed E-state index contributed by atoms with van der Waals surface area (Å²) in [7, 11) is -3.40. The highest BCUT2D eigenvalue weighted by Gasteiger charge is 2.37. The van der Waals surface area contributed by atoms with Crippen molar-refractivity contribution in [2.75, 3.05) is 12.9 Å². The van der Waals surface area contributed by atoms with Crippen molar-refractivity contribution in [2.24, 2.45) is 0 Å². The Morgan fingerprint density at radius 1 is 1.33 bits per heavy atom. The van der Waals surface area contributed by atoms with Crippen LogP contribution in [-0.4, -0.2) is 21.3 Å². The Balaban J connectivity index is 2.27. The summed E-state index contributed by atoms with van der Waals surface area (Å²) >= 11 is 6.02. The van der Waals surface area contributed by atoms with Gasteiger partial charge in [-0.15, -0.1) is 0 Å². The van der Waals surface area contributed by atoms with Crippen LogP contribution >= 0.6 is 11.6 Å². The van der Waals surface area contributed by atoms with Gasteiger partial charge in [0.2, 0.25) is 0 Å². The molecule has 1 aromatic rings. The van der Waals surface area contributed by atoms with Gasteiger partial charge < -0.3 is 0 Å². The number of hydrogen-bond donors (Lipinski definition) is 0. The predicted octanol–water partition coefficient (Wildman–Crippen LogP) is 3.13. The minimum Gasteiger partial charge on any atom is -0.269 e. The summed E-state index contributed by atoms with van der Waals surface area (Å²) in [6.07, 6.45) is 5.18. The van der Waals surface area contributed by atoms with Crippen LogP contribution < -0.4 is 0 Å². The van der Waals surface area contributed by atoms with Gasteiger partial charge in [-0.1, -0.05) is 36.6 Å². The van der Waals surface area contributed by atoms with Crippen molar-refractivity contribution in [1.29, 1.82) is 0 Å². The highest BCUT2D eigenvalue weighted by atomic mass is 35.5. The molecule has 2 rings (SSSR count). The molecule has 0 aromatic heterocycles. The summed E-state index contributed by atoms with van der Waals surface area (Å²) in [5, 5.41) is 0.679. The molecule has 0 unspecified atom stereocenters. The Bertz CT molecular complexity index is 519. The fourth-order valence-corrected chi connectivity index (χ4v) is 3.24. The monoisotopic (exact) mass is 288 g/mol. The van der Waals surface area contributed by atoms with E-state index in [1.54, 1.807) is 0 Å². The zero-order chi connectivity index (χ0) is 13.2. The molecule has 5 heteroatoms. The third-order valence-electron chi connectivity index (χ3n) is 3.55. The molecule has 1 aromatic carbocycles. The average molecular weight is 289 g/mol. The van der Waals surface area contributed by atoms with E-state index in [4.69, 9.17) is 15.8 Å². The third-order valence-corrected chi connectivity index (χ3v) is 4.33. The minimum absolute atomic E-state index is 0.200. The van der Waals surface area contributed by atoms with E-state index in [0.29, 0.717) is 5.02 Å². The van der Waals surface area contributed by atoms with Gasteiger partial charge in [0.25, 0.3) is 10.1 Å². The van der Waals surface area contributed by atoms with Crippen molar-refractivity contribution < 1.29 is 12.6 Å². The van der Waals surface area contributed by atoms with Crippen LogP contribution in [0.3, 0.4) is 0 Å². The standard InChI is InChI=1S/C13H17ClO3S/c1-18(15,16)17-10-13(7-2-3-8-13)11-5-4-6-12(14)9-11/h4-6,9H,2-3,7-8,10H2,1H3.